The molecule has 0 aliphatic heterocycles. The highest BCUT2D eigenvalue weighted by atomic mass is 127. The van der Waals surface area contributed by atoms with E-state index in [2.05, 4.69) is 5.32 Å². The van der Waals surface area contributed by atoms with Gasteiger partial charge in [-0.05, 0) is 40.8 Å². The average Bonchev–Trinajstić information content (AvgIpc) is 2.28. The number of carbonyl (C=O) groups excluding carboxylic acids is 1. The van der Waals surface area contributed by atoms with Crippen LogP contribution in [0.4, 0.5) is 13.2 Å². The molecule has 0 radical (unpaired) electrons. The molecule has 1 rings (SSSR count). The summed E-state index contributed by atoms with van der Waals surface area (Å²) in [4.78, 5) is 11.6. The molecular weight excluding hydrogens is 362 g/mol. The number of hydrogen-bond acceptors (Lipinski definition) is 2. The molecule has 0 saturated heterocycles. The number of ether oxygens (including phenoxy) is 1. The normalized spacial score (nSPS) is 11.4. The second-order valence-electron chi connectivity index (χ2n) is 3.44. The number of benzene rings is 1. The Balaban J connectivity index is 2.97. The minimum atomic E-state index is -4.55. The third kappa shape index (κ3) is 4.13. The quantitative estimate of drug-likeness (QED) is 0.651. The summed E-state index contributed by atoms with van der Waals surface area (Å²) in [5, 5.41) is 2.37. The van der Waals surface area contributed by atoms with E-state index in [1.165, 1.54) is 19.2 Å². The largest absolute Gasteiger partial charge is 0.417 e. The first-order valence-electron chi connectivity index (χ1n) is 5.00. The van der Waals surface area contributed by atoms with E-state index in [0.717, 1.165) is 6.07 Å². The fourth-order valence-electron chi connectivity index (χ4n) is 1.31. The van der Waals surface area contributed by atoms with Gasteiger partial charge in [-0.2, -0.15) is 13.2 Å². The molecule has 0 aromatic heterocycles. The highest BCUT2D eigenvalue weighted by molar-refractivity contribution is 14.1. The number of rotatable bonds is 4. The first-order valence-corrected chi connectivity index (χ1v) is 6.08. The molecule has 3 nitrogen and oxygen atoms in total. The maximum atomic E-state index is 12.8. The molecule has 0 saturated carbocycles. The first-order chi connectivity index (χ1) is 8.36. The predicted molar refractivity (Wildman–Crippen MR) is 68.4 cm³/mol. The van der Waals surface area contributed by atoms with E-state index >= 15 is 0 Å². The summed E-state index contributed by atoms with van der Waals surface area (Å²) in [5.41, 5.74) is -1.30. The lowest BCUT2D eigenvalue weighted by atomic mass is 10.1. The maximum absolute atomic E-state index is 12.8. The number of methoxy groups -OCH3 is 1. The third-order valence-electron chi connectivity index (χ3n) is 2.12. The van der Waals surface area contributed by atoms with Crippen molar-refractivity contribution in [1.82, 2.24) is 5.32 Å². The van der Waals surface area contributed by atoms with Gasteiger partial charge in [-0.3, -0.25) is 4.79 Å². The van der Waals surface area contributed by atoms with Crippen molar-refractivity contribution in [2.75, 3.05) is 20.3 Å². The Bertz CT molecular complexity index is 435. The fourth-order valence-corrected chi connectivity index (χ4v) is 1.80. The zero-order chi connectivity index (χ0) is 13.8. The molecule has 0 heterocycles. The number of carbonyl (C=O) groups is 1. The SMILES string of the molecule is COCCNC(=O)c1ccc(I)cc1C(F)(F)F. The van der Waals surface area contributed by atoms with E-state index in [4.69, 9.17) is 4.74 Å². The maximum Gasteiger partial charge on any atom is 0.417 e. The average molecular weight is 373 g/mol. The van der Waals surface area contributed by atoms with Crippen molar-refractivity contribution in [1.29, 1.82) is 0 Å². The highest BCUT2D eigenvalue weighted by Gasteiger charge is 2.35. The van der Waals surface area contributed by atoms with Gasteiger partial charge in [0.15, 0.2) is 0 Å². The van der Waals surface area contributed by atoms with Crippen LogP contribution in [-0.2, 0) is 10.9 Å². The van der Waals surface area contributed by atoms with Gasteiger partial charge in [0.2, 0.25) is 0 Å². The molecule has 1 aromatic rings. The van der Waals surface area contributed by atoms with Crippen molar-refractivity contribution in [3.63, 3.8) is 0 Å². The van der Waals surface area contributed by atoms with Crippen LogP contribution in [0, 0.1) is 3.57 Å². The second-order valence-corrected chi connectivity index (χ2v) is 4.68. The topological polar surface area (TPSA) is 38.3 Å². The van der Waals surface area contributed by atoms with Crippen LogP contribution in [0.25, 0.3) is 0 Å². The number of halogens is 4. The third-order valence-corrected chi connectivity index (χ3v) is 2.79. The Morgan fingerprint density at radius 3 is 2.67 bits per heavy atom. The van der Waals surface area contributed by atoms with Crippen LogP contribution in [0.2, 0.25) is 0 Å². The van der Waals surface area contributed by atoms with Gasteiger partial charge in [-0.1, -0.05) is 0 Å². The molecule has 0 atom stereocenters. The Morgan fingerprint density at radius 2 is 2.11 bits per heavy atom. The first kappa shape index (κ1) is 15.2. The summed E-state index contributed by atoms with van der Waals surface area (Å²) < 4.78 is 43.4. The molecule has 1 aromatic carbocycles. The standard InChI is InChI=1S/C11H11F3INO2/c1-18-5-4-16-10(17)8-3-2-7(15)6-9(8)11(12,13)14/h2-3,6H,4-5H2,1H3,(H,16,17). The molecule has 0 unspecified atom stereocenters. The van der Waals surface area contributed by atoms with Crippen LogP contribution in [0.15, 0.2) is 18.2 Å². The molecule has 1 amide bonds. The van der Waals surface area contributed by atoms with Gasteiger partial charge in [-0.25, -0.2) is 0 Å². The van der Waals surface area contributed by atoms with Gasteiger partial charge in [0.1, 0.15) is 0 Å². The summed E-state index contributed by atoms with van der Waals surface area (Å²) in [6.07, 6.45) is -4.55. The van der Waals surface area contributed by atoms with Crippen molar-refractivity contribution >= 4 is 28.5 Å². The van der Waals surface area contributed by atoms with Crippen molar-refractivity contribution in [2.45, 2.75) is 6.18 Å². The van der Waals surface area contributed by atoms with E-state index in [1.807, 2.05) is 0 Å². The minimum Gasteiger partial charge on any atom is -0.383 e. The molecule has 0 fully saturated rings. The smallest absolute Gasteiger partial charge is 0.383 e. The van der Waals surface area contributed by atoms with Gasteiger partial charge < -0.3 is 10.1 Å². The van der Waals surface area contributed by atoms with E-state index < -0.39 is 17.6 Å². The number of alkyl halides is 3. The summed E-state index contributed by atoms with van der Waals surface area (Å²) in [7, 11) is 1.44. The van der Waals surface area contributed by atoms with Crippen LogP contribution in [-0.4, -0.2) is 26.2 Å². The van der Waals surface area contributed by atoms with Gasteiger partial charge >= 0.3 is 6.18 Å². The molecule has 18 heavy (non-hydrogen) atoms. The second kappa shape index (κ2) is 6.37. The van der Waals surface area contributed by atoms with Gasteiger partial charge in [-0.15, -0.1) is 0 Å². The van der Waals surface area contributed by atoms with Crippen LogP contribution < -0.4 is 5.32 Å². The van der Waals surface area contributed by atoms with Crippen molar-refractivity contribution in [3.8, 4) is 0 Å². The van der Waals surface area contributed by atoms with Gasteiger partial charge in [0.25, 0.3) is 5.91 Å². The fraction of sp³-hybridized carbons (Fsp3) is 0.364. The van der Waals surface area contributed by atoms with Crippen molar-refractivity contribution in [2.24, 2.45) is 0 Å². The molecule has 0 aliphatic carbocycles. The Kier molecular flexibility index (Phi) is 5.39. The lowest BCUT2D eigenvalue weighted by Crippen LogP contribution is -2.29. The Morgan fingerprint density at radius 1 is 1.44 bits per heavy atom. The monoisotopic (exact) mass is 373 g/mol. The summed E-state index contributed by atoms with van der Waals surface area (Å²) in [5.74, 6) is -0.754. The zero-order valence-corrected chi connectivity index (χ0v) is 11.6. The molecular formula is C11H11F3INO2. The zero-order valence-electron chi connectivity index (χ0n) is 9.47. The molecule has 7 heteroatoms. The Labute approximate surface area is 116 Å². The van der Waals surface area contributed by atoms with E-state index in [9.17, 15) is 18.0 Å². The lowest BCUT2D eigenvalue weighted by Gasteiger charge is -2.13. The van der Waals surface area contributed by atoms with Crippen LogP contribution >= 0.6 is 22.6 Å². The summed E-state index contributed by atoms with van der Waals surface area (Å²) in [6.45, 7) is 0.413. The predicted octanol–water partition coefficient (Wildman–Crippen LogP) is 2.69. The number of amides is 1. The number of hydrogen-bond donors (Lipinski definition) is 1. The molecule has 0 spiro atoms. The Hall–Kier alpha value is -0.830. The minimum absolute atomic E-state index is 0.165. The van der Waals surface area contributed by atoms with Crippen LogP contribution in [0.3, 0.4) is 0 Å². The molecule has 0 aliphatic rings. The van der Waals surface area contributed by atoms with Crippen LogP contribution in [0.5, 0.6) is 0 Å². The summed E-state index contributed by atoms with van der Waals surface area (Å²) >= 11 is 1.77. The highest BCUT2D eigenvalue weighted by Crippen LogP contribution is 2.33. The van der Waals surface area contributed by atoms with Gasteiger partial charge in [0.05, 0.1) is 17.7 Å². The molecule has 100 valence electrons. The van der Waals surface area contributed by atoms with Gasteiger partial charge in [0, 0.05) is 17.2 Å². The van der Waals surface area contributed by atoms with Crippen molar-refractivity contribution < 1.29 is 22.7 Å². The van der Waals surface area contributed by atoms with Crippen LogP contribution in [0.1, 0.15) is 15.9 Å². The van der Waals surface area contributed by atoms with Crippen molar-refractivity contribution in [3.05, 3.63) is 32.9 Å². The molecule has 1 N–H and O–H groups in total. The van der Waals surface area contributed by atoms with E-state index in [1.54, 1.807) is 22.6 Å². The number of nitrogens with one attached hydrogen (secondary N) is 1. The lowest BCUT2D eigenvalue weighted by molar-refractivity contribution is -0.138. The summed E-state index contributed by atoms with van der Waals surface area (Å²) in [6, 6.07) is 3.58. The van der Waals surface area contributed by atoms with E-state index in [-0.39, 0.29) is 18.7 Å². The van der Waals surface area contributed by atoms with E-state index in [0.29, 0.717) is 3.57 Å². The molecule has 0 bridgehead atoms.